The molecule has 0 heterocycles. The molecule has 2 amide bonds. The standard InChI is InChI=1S/C24H30N2O3/c1-18-10-6-9-15-22(18)29-17-23(27)26(16-20-11-4-3-5-12-20)19(2)24(28)25-21-13-7-8-14-21/h3-6,9-12,15,19,21H,7-8,13-14,16-17H2,1-2H3,(H,25,28)/t19-/m0/s1. The van der Waals surface area contributed by atoms with Crippen LogP contribution in [-0.4, -0.2) is 35.4 Å². The molecule has 0 aliphatic heterocycles. The van der Waals surface area contributed by atoms with E-state index >= 15 is 0 Å². The molecule has 2 aromatic carbocycles. The van der Waals surface area contributed by atoms with E-state index in [4.69, 9.17) is 4.74 Å². The number of carbonyl (C=O) groups excluding carboxylic acids is 2. The van der Waals surface area contributed by atoms with Crippen molar-refractivity contribution in [2.45, 2.75) is 58.2 Å². The van der Waals surface area contributed by atoms with Crippen LogP contribution in [0.15, 0.2) is 54.6 Å². The molecule has 5 nitrogen and oxygen atoms in total. The summed E-state index contributed by atoms with van der Waals surface area (Å²) in [5.41, 5.74) is 1.96. The van der Waals surface area contributed by atoms with Gasteiger partial charge in [-0.3, -0.25) is 9.59 Å². The van der Waals surface area contributed by atoms with E-state index < -0.39 is 6.04 Å². The summed E-state index contributed by atoms with van der Waals surface area (Å²) in [6.07, 6.45) is 4.33. The first-order valence-electron chi connectivity index (χ1n) is 10.4. The molecule has 1 fully saturated rings. The number of ether oxygens (including phenoxy) is 1. The molecule has 1 N–H and O–H groups in total. The quantitative estimate of drug-likeness (QED) is 0.740. The van der Waals surface area contributed by atoms with Crippen molar-refractivity contribution >= 4 is 11.8 Å². The van der Waals surface area contributed by atoms with Crippen molar-refractivity contribution in [1.82, 2.24) is 10.2 Å². The number of rotatable bonds is 8. The van der Waals surface area contributed by atoms with Gasteiger partial charge in [-0.05, 0) is 43.9 Å². The minimum absolute atomic E-state index is 0.0985. The average Bonchev–Trinajstić information content (AvgIpc) is 3.24. The molecule has 5 heteroatoms. The zero-order valence-corrected chi connectivity index (χ0v) is 17.3. The van der Waals surface area contributed by atoms with Gasteiger partial charge in [0.2, 0.25) is 5.91 Å². The van der Waals surface area contributed by atoms with Crippen LogP contribution in [0.2, 0.25) is 0 Å². The predicted molar refractivity (Wildman–Crippen MR) is 114 cm³/mol. The van der Waals surface area contributed by atoms with Crippen LogP contribution in [0.25, 0.3) is 0 Å². The van der Waals surface area contributed by atoms with E-state index in [9.17, 15) is 9.59 Å². The molecule has 1 aliphatic carbocycles. The monoisotopic (exact) mass is 394 g/mol. The normalized spacial score (nSPS) is 15.0. The Balaban J connectivity index is 1.69. The molecule has 1 atom stereocenters. The fourth-order valence-electron chi connectivity index (χ4n) is 3.70. The second kappa shape index (κ2) is 10.1. The molecule has 29 heavy (non-hydrogen) atoms. The number of nitrogens with one attached hydrogen (secondary N) is 1. The van der Waals surface area contributed by atoms with Crippen LogP contribution in [0.3, 0.4) is 0 Å². The minimum atomic E-state index is -0.566. The van der Waals surface area contributed by atoms with E-state index in [0.717, 1.165) is 36.8 Å². The number of benzene rings is 2. The fraction of sp³-hybridized carbons (Fsp3) is 0.417. The highest BCUT2D eigenvalue weighted by Crippen LogP contribution is 2.19. The smallest absolute Gasteiger partial charge is 0.261 e. The summed E-state index contributed by atoms with van der Waals surface area (Å²) in [7, 11) is 0. The summed E-state index contributed by atoms with van der Waals surface area (Å²) in [6.45, 7) is 4.01. The third-order valence-electron chi connectivity index (χ3n) is 5.51. The van der Waals surface area contributed by atoms with Gasteiger partial charge in [-0.2, -0.15) is 0 Å². The predicted octanol–water partition coefficient (Wildman–Crippen LogP) is 3.85. The van der Waals surface area contributed by atoms with Crippen molar-refractivity contribution in [2.75, 3.05) is 6.61 Å². The maximum absolute atomic E-state index is 13.0. The largest absolute Gasteiger partial charge is 0.484 e. The molecule has 0 saturated heterocycles. The topological polar surface area (TPSA) is 58.6 Å². The van der Waals surface area contributed by atoms with E-state index in [1.165, 1.54) is 0 Å². The highest BCUT2D eigenvalue weighted by Gasteiger charge is 2.28. The molecular formula is C24H30N2O3. The molecule has 0 spiro atoms. The van der Waals surface area contributed by atoms with E-state index in [0.29, 0.717) is 12.3 Å². The number of hydrogen-bond acceptors (Lipinski definition) is 3. The molecule has 0 unspecified atom stereocenters. The van der Waals surface area contributed by atoms with Gasteiger partial charge in [0.05, 0.1) is 0 Å². The van der Waals surface area contributed by atoms with Crippen LogP contribution < -0.4 is 10.1 Å². The van der Waals surface area contributed by atoms with Crippen molar-refractivity contribution < 1.29 is 14.3 Å². The van der Waals surface area contributed by atoms with Gasteiger partial charge in [0.25, 0.3) is 5.91 Å². The van der Waals surface area contributed by atoms with Gasteiger partial charge in [0.15, 0.2) is 6.61 Å². The van der Waals surface area contributed by atoms with Crippen LogP contribution in [0.4, 0.5) is 0 Å². The van der Waals surface area contributed by atoms with Crippen LogP contribution >= 0.6 is 0 Å². The second-order valence-electron chi connectivity index (χ2n) is 7.73. The third kappa shape index (κ3) is 5.83. The first-order chi connectivity index (χ1) is 14.0. The number of para-hydroxylation sites is 1. The first kappa shape index (κ1) is 20.9. The van der Waals surface area contributed by atoms with Gasteiger partial charge in [-0.25, -0.2) is 0 Å². The maximum Gasteiger partial charge on any atom is 0.261 e. The molecule has 1 aliphatic rings. The van der Waals surface area contributed by atoms with E-state index in [-0.39, 0.29) is 24.5 Å². The van der Waals surface area contributed by atoms with Gasteiger partial charge in [0.1, 0.15) is 11.8 Å². The maximum atomic E-state index is 13.0. The van der Waals surface area contributed by atoms with E-state index in [2.05, 4.69) is 5.32 Å². The second-order valence-corrected chi connectivity index (χ2v) is 7.73. The zero-order chi connectivity index (χ0) is 20.6. The Morgan fingerprint density at radius 2 is 1.72 bits per heavy atom. The lowest BCUT2D eigenvalue weighted by atomic mass is 10.1. The van der Waals surface area contributed by atoms with Crippen LogP contribution in [0.1, 0.15) is 43.7 Å². The van der Waals surface area contributed by atoms with Crippen molar-refractivity contribution in [3.05, 3.63) is 65.7 Å². The highest BCUT2D eigenvalue weighted by molar-refractivity contribution is 5.88. The number of amides is 2. The van der Waals surface area contributed by atoms with Gasteiger partial charge in [0, 0.05) is 12.6 Å². The fourth-order valence-corrected chi connectivity index (χ4v) is 3.70. The Bertz CT molecular complexity index is 816. The zero-order valence-electron chi connectivity index (χ0n) is 17.3. The summed E-state index contributed by atoms with van der Waals surface area (Å²) in [5.74, 6) is 0.381. The SMILES string of the molecule is Cc1ccccc1OCC(=O)N(Cc1ccccc1)[C@@H](C)C(=O)NC1CCCC1. The summed E-state index contributed by atoms with van der Waals surface area (Å²) < 4.78 is 5.76. The van der Waals surface area contributed by atoms with Crippen LogP contribution in [0.5, 0.6) is 5.75 Å². The minimum Gasteiger partial charge on any atom is -0.484 e. The molecule has 0 radical (unpaired) electrons. The van der Waals surface area contributed by atoms with E-state index in [1.54, 1.807) is 11.8 Å². The molecule has 0 aromatic heterocycles. The highest BCUT2D eigenvalue weighted by atomic mass is 16.5. The Kier molecular flexibility index (Phi) is 7.28. The summed E-state index contributed by atoms with van der Waals surface area (Å²) >= 11 is 0. The lowest BCUT2D eigenvalue weighted by molar-refractivity contribution is -0.142. The molecule has 2 aromatic rings. The number of hydrogen-bond donors (Lipinski definition) is 1. The molecule has 0 bridgehead atoms. The van der Waals surface area contributed by atoms with Gasteiger partial charge in [-0.15, -0.1) is 0 Å². The van der Waals surface area contributed by atoms with Crippen molar-refractivity contribution in [3.8, 4) is 5.75 Å². The lowest BCUT2D eigenvalue weighted by Crippen LogP contribution is -2.50. The molecule has 1 saturated carbocycles. The molecule has 3 rings (SSSR count). The van der Waals surface area contributed by atoms with Gasteiger partial charge in [-0.1, -0.05) is 61.4 Å². The van der Waals surface area contributed by atoms with Crippen molar-refractivity contribution in [2.24, 2.45) is 0 Å². The molecule has 154 valence electrons. The average molecular weight is 395 g/mol. The van der Waals surface area contributed by atoms with Crippen molar-refractivity contribution in [3.63, 3.8) is 0 Å². The van der Waals surface area contributed by atoms with Crippen LogP contribution in [0, 0.1) is 6.92 Å². The number of aryl methyl sites for hydroxylation is 1. The number of carbonyl (C=O) groups is 2. The van der Waals surface area contributed by atoms with Crippen molar-refractivity contribution in [1.29, 1.82) is 0 Å². The van der Waals surface area contributed by atoms with Gasteiger partial charge >= 0.3 is 0 Å². The number of nitrogens with zero attached hydrogens (tertiary/aromatic N) is 1. The Labute approximate surface area is 173 Å². The summed E-state index contributed by atoms with van der Waals surface area (Å²) in [5, 5.41) is 3.11. The Hall–Kier alpha value is -2.82. The Morgan fingerprint density at radius 3 is 2.41 bits per heavy atom. The van der Waals surface area contributed by atoms with Crippen LogP contribution in [-0.2, 0) is 16.1 Å². The first-order valence-corrected chi connectivity index (χ1v) is 10.4. The third-order valence-corrected chi connectivity index (χ3v) is 5.51. The molecular weight excluding hydrogens is 364 g/mol. The lowest BCUT2D eigenvalue weighted by Gasteiger charge is -2.29. The summed E-state index contributed by atoms with van der Waals surface area (Å²) in [4.78, 5) is 27.5. The van der Waals surface area contributed by atoms with Gasteiger partial charge < -0.3 is 15.0 Å². The Morgan fingerprint density at radius 1 is 1.07 bits per heavy atom. The summed E-state index contributed by atoms with van der Waals surface area (Å²) in [6, 6.07) is 17.0. The van der Waals surface area contributed by atoms with E-state index in [1.807, 2.05) is 61.5 Å².